The number of rotatable bonds is 7. The van der Waals surface area contributed by atoms with Crippen molar-refractivity contribution in [3.05, 3.63) is 34.8 Å². The Hall–Kier alpha value is -1.82. The predicted molar refractivity (Wildman–Crippen MR) is 79.4 cm³/mol. The maximum absolute atomic E-state index is 11.7. The first-order chi connectivity index (χ1) is 9.53. The average molecular weight is 342 g/mol. The van der Waals surface area contributed by atoms with Crippen molar-refractivity contribution in [3.63, 3.8) is 0 Å². The van der Waals surface area contributed by atoms with Gasteiger partial charge in [0.15, 0.2) is 17.6 Å². The molecule has 20 heavy (non-hydrogen) atoms. The first-order valence-corrected chi connectivity index (χ1v) is 6.70. The molecule has 1 aromatic rings. The maximum atomic E-state index is 11.7. The number of carbonyl (C=O) groups is 2. The number of carbonyl (C=O) groups excluding carboxylic acids is 2. The molecular formula is C14H16BrNO4. The Morgan fingerprint density at radius 2 is 2.25 bits per heavy atom. The molecule has 0 saturated heterocycles. The van der Waals surface area contributed by atoms with Gasteiger partial charge in [-0.25, -0.2) is 0 Å². The van der Waals surface area contributed by atoms with Gasteiger partial charge in [-0.3, -0.25) is 9.59 Å². The van der Waals surface area contributed by atoms with E-state index in [1.807, 2.05) is 0 Å². The molecule has 0 aromatic heterocycles. The first-order valence-electron chi connectivity index (χ1n) is 5.91. The summed E-state index contributed by atoms with van der Waals surface area (Å²) in [5, 5.41) is 2.64. The summed E-state index contributed by atoms with van der Waals surface area (Å²) in [5.41, 5.74) is 0.449. The molecule has 0 bridgehead atoms. The van der Waals surface area contributed by atoms with Gasteiger partial charge in [0.25, 0.3) is 5.91 Å². The zero-order chi connectivity index (χ0) is 15.1. The molecule has 5 nitrogen and oxygen atoms in total. The summed E-state index contributed by atoms with van der Waals surface area (Å²) in [4.78, 5) is 22.5. The topological polar surface area (TPSA) is 64.6 Å². The highest BCUT2D eigenvalue weighted by Crippen LogP contribution is 2.36. The van der Waals surface area contributed by atoms with Crippen molar-refractivity contribution in [2.24, 2.45) is 0 Å². The van der Waals surface area contributed by atoms with E-state index in [0.29, 0.717) is 34.4 Å². The monoisotopic (exact) mass is 341 g/mol. The molecule has 0 radical (unpaired) electrons. The van der Waals surface area contributed by atoms with E-state index in [1.54, 1.807) is 25.1 Å². The number of ether oxygens (including phenoxy) is 2. The van der Waals surface area contributed by atoms with Gasteiger partial charge in [0.1, 0.15) is 6.29 Å². The van der Waals surface area contributed by atoms with Crippen LogP contribution in [0.4, 0.5) is 0 Å². The molecule has 1 amide bonds. The lowest BCUT2D eigenvalue weighted by Crippen LogP contribution is -2.36. The van der Waals surface area contributed by atoms with Crippen LogP contribution in [0, 0.1) is 0 Å². The van der Waals surface area contributed by atoms with E-state index >= 15 is 0 Å². The van der Waals surface area contributed by atoms with Gasteiger partial charge >= 0.3 is 0 Å². The fourth-order valence-electron chi connectivity index (χ4n) is 1.47. The maximum Gasteiger partial charge on any atom is 0.261 e. The van der Waals surface area contributed by atoms with Crippen molar-refractivity contribution in [3.8, 4) is 11.5 Å². The smallest absolute Gasteiger partial charge is 0.261 e. The highest BCUT2D eigenvalue weighted by Gasteiger charge is 2.19. The minimum absolute atomic E-state index is 0.265. The summed E-state index contributed by atoms with van der Waals surface area (Å²) in [7, 11) is 1.46. The highest BCUT2D eigenvalue weighted by molar-refractivity contribution is 9.10. The lowest BCUT2D eigenvalue weighted by Gasteiger charge is -2.18. The summed E-state index contributed by atoms with van der Waals surface area (Å²) in [6.07, 6.45) is 1.58. The number of hydrogen-bond acceptors (Lipinski definition) is 4. The fourth-order valence-corrected chi connectivity index (χ4v) is 2.02. The Bertz CT molecular complexity index is 516. The van der Waals surface area contributed by atoms with E-state index < -0.39 is 6.10 Å². The van der Waals surface area contributed by atoms with Crippen molar-refractivity contribution in [1.82, 2.24) is 5.32 Å². The third-order valence-corrected chi connectivity index (χ3v) is 3.06. The SMILES string of the molecule is C=CCNC(=O)C(C)Oc1c(Br)cc(C=O)cc1OC. The summed E-state index contributed by atoms with van der Waals surface area (Å²) < 4.78 is 11.3. The number of halogens is 1. The fraction of sp³-hybridized carbons (Fsp3) is 0.286. The van der Waals surface area contributed by atoms with Crippen molar-refractivity contribution >= 4 is 28.1 Å². The van der Waals surface area contributed by atoms with Gasteiger partial charge in [0, 0.05) is 12.1 Å². The molecule has 1 N–H and O–H groups in total. The number of methoxy groups -OCH3 is 1. The Kier molecular flexibility index (Phi) is 6.24. The largest absolute Gasteiger partial charge is 0.493 e. The molecule has 0 fully saturated rings. The van der Waals surface area contributed by atoms with Crippen LogP contribution in [-0.2, 0) is 4.79 Å². The predicted octanol–water partition coefficient (Wildman–Crippen LogP) is 2.34. The molecule has 0 saturated carbocycles. The van der Waals surface area contributed by atoms with Crippen molar-refractivity contribution in [2.75, 3.05) is 13.7 Å². The number of benzene rings is 1. The van der Waals surface area contributed by atoms with Crippen LogP contribution in [0.25, 0.3) is 0 Å². The third-order valence-electron chi connectivity index (χ3n) is 2.47. The van der Waals surface area contributed by atoms with Crippen molar-refractivity contribution in [2.45, 2.75) is 13.0 Å². The second kappa shape index (κ2) is 7.69. The van der Waals surface area contributed by atoms with Gasteiger partial charge in [0.2, 0.25) is 0 Å². The van der Waals surface area contributed by atoms with Gasteiger partial charge in [-0.1, -0.05) is 6.08 Å². The summed E-state index contributed by atoms with van der Waals surface area (Å²) in [5.74, 6) is 0.488. The minimum Gasteiger partial charge on any atom is -0.493 e. The molecule has 0 aliphatic rings. The minimum atomic E-state index is -0.706. The Morgan fingerprint density at radius 1 is 1.55 bits per heavy atom. The van der Waals surface area contributed by atoms with Crippen LogP contribution < -0.4 is 14.8 Å². The Labute approximate surface area is 126 Å². The molecule has 1 atom stereocenters. The first kappa shape index (κ1) is 16.2. The van der Waals surface area contributed by atoms with Crippen molar-refractivity contribution < 1.29 is 19.1 Å². The van der Waals surface area contributed by atoms with Crippen molar-refractivity contribution in [1.29, 1.82) is 0 Å². The van der Waals surface area contributed by atoms with Crippen LogP contribution in [0.5, 0.6) is 11.5 Å². The third kappa shape index (κ3) is 4.09. The van der Waals surface area contributed by atoms with Crippen LogP contribution in [-0.4, -0.2) is 32.0 Å². The van der Waals surface area contributed by atoms with Crippen LogP contribution >= 0.6 is 15.9 Å². The van der Waals surface area contributed by atoms with E-state index in [2.05, 4.69) is 27.8 Å². The van der Waals surface area contributed by atoms with Gasteiger partial charge in [-0.2, -0.15) is 0 Å². The standard InChI is InChI=1S/C14H16BrNO4/c1-4-5-16-14(18)9(2)20-13-11(15)6-10(8-17)7-12(13)19-3/h4,6-9H,1,5H2,2-3H3,(H,16,18). The van der Waals surface area contributed by atoms with Gasteiger partial charge < -0.3 is 14.8 Å². The van der Waals surface area contributed by atoms with Gasteiger partial charge in [0.05, 0.1) is 11.6 Å². The van der Waals surface area contributed by atoms with Crippen LogP contribution in [0.2, 0.25) is 0 Å². The zero-order valence-electron chi connectivity index (χ0n) is 11.3. The molecule has 0 aliphatic heterocycles. The lowest BCUT2D eigenvalue weighted by atomic mass is 10.2. The van der Waals surface area contributed by atoms with Gasteiger partial charge in [-0.05, 0) is 35.0 Å². The molecule has 6 heteroatoms. The number of nitrogens with one attached hydrogen (secondary N) is 1. The Balaban J connectivity index is 2.93. The van der Waals surface area contributed by atoms with Crippen LogP contribution in [0.15, 0.2) is 29.3 Å². The zero-order valence-corrected chi connectivity index (χ0v) is 12.9. The average Bonchev–Trinajstić information content (AvgIpc) is 2.46. The van der Waals surface area contributed by atoms with Crippen LogP contribution in [0.1, 0.15) is 17.3 Å². The molecule has 1 aromatic carbocycles. The summed E-state index contributed by atoms with van der Waals surface area (Å²) in [6, 6.07) is 3.14. The summed E-state index contributed by atoms with van der Waals surface area (Å²) in [6.45, 7) is 5.51. The molecule has 0 heterocycles. The quantitative estimate of drug-likeness (QED) is 0.610. The van der Waals surface area contributed by atoms with E-state index in [9.17, 15) is 9.59 Å². The van der Waals surface area contributed by atoms with E-state index in [1.165, 1.54) is 7.11 Å². The molecular weight excluding hydrogens is 326 g/mol. The van der Waals surface area contributed by atoms with Crippen LogP contribution in [0.3, 0.4) is 0 Å². The normalized spacial score (nSPS) is 11.3. The number of aldehydes is 1. The Morgan fingerprint density at radius 3 is 2.80 bits per heavy atom. The van der Waals surface area contributed by atoms with E-state index in [-0.39, 0.29) is 5.91 Å². The van der Waals surface area contributed by atoms with E-state index in [4.69, 9.17) is 9.47 Å². The van der Waals surface area contributed by atoms with E-state index in [0.717, 1.165) is 0 Å². The second-order valence-electron chi connectivity index (χ2n) is 3.95. The van der Waals surface area contributed by atoms with Gasteiger partial charge in [-0.15, -0.1) is 6.58 Å². The molecule has 1 unspecified atom stereocenters. The lowest BCUT2D eigenvalue weighted by molar-refractivity contribution is -0.127. The molecule has 0 spiro atoms. The highest BCUT2D eigenvalue weighted by atomic mass is 79.9. The molecule has 108 valence electrons. The second-order valence-corrected chi connectivity index (χ2v) is 4.80. The number of amides is 1. The summed E-state index contributed by atoms with van der Waals surface area (Å²) >= 11 is 3.30. The number of hydrogen-bond donors (Lipinski definition) is 1. The molecule has 0 aliphatic carbocycles. The molecule has 1 rings (SSSR count).